The lowest BCUT2D eigenvalue weighted by atomic mass is 9.99. The Hall–Kier alpha value is -0.860. The maximum absolute atomic E-state index is 9.69. The Morgan fingerprint density at radius 3 is 2.31 bits per heavy atom. The van der Waals surface area contributed by atoms with Gasteiger partial charge in [0.15, 0.2) is 0 Å². The van der Waals surface area contributed by atoms with Gasteiger partial charge in [-0.15, -0.1) is 0 Å². The second-order valence-corrected chi connectivity index (χ2v) is 3.65. The van der Waals surface area contributed by atoms with E-state index in [1.807, 2.05) is 25.1 Å². The summed E-state index contributed by atoms with van der Waals surface area (Å²) in [5, 5.41) is 9.69. The standard InChI is InChI=1S/C11H17NO/c1-7-4-5-10(6-8(7)2)11(13)9(3)12/h4-6,9,11,13H,12H2,1-3H3/t9-,11-/m1/s1. The molecule has 0 aliphatic heterocycles. The Morgan fingerprint density at radius 1 is 1.23 bits per heavy atom. The summed E-state index contributed by atoms with van der Waals surface area (Å²) < 4.78 is 0. The molecule has 0 radical (unpaired) electrons. The smallest absolute Gasteiger partial charge is 0.0938 e. The van der Waals surface area contributed by atoms with Crippen LogP contribution in [0.4, 0.5) is 0 Å². The molecule has 13 heavy (non-hydrogen) atoms. The van der Waals surface area contributed by atoms with E-state index in [1.54, 1.807) is 6.92 Å². The lowest BCUT2D eigenvalue weighted by Gasteiger charge is -2.15. The minimum atomic E-state index is -0.556. The van der Waals surface area contributed by atoms with Crippen molar-refractivity contribution in [2.24, 2.45) is 5.73 Å². The van der Waals surface area contributed by atoms with Crippen LogP contribution in [0, 0.1) is 13.8 Å². The van der Waals surface area contributed by atoms with Gasteiger partial charge in [0.1, 0.15) is 0 Å². The number of nitrogens with two attached hydrogens (primary N) is 1. The van der Waals surface area contributed by atoms with Crippen LogP contribution in [0.2, 0.25) is 0 Å². The minimum absolute atomic E-state index is 0.220. The molecular weight excluding hydrogens is 162 g/mol. The van der Waals surface area contributed by atoms with E-state index in [4.69, 9.17) is 5.73 Å². The molecular formula is C11H17NO. The highest BCUT2D eigenvalue weighted by Gasteiger charge is 2.12. The number of aryl methyl sites for hydroxylation is 2. The number of benzene rings is 1. The summed E-state index contributed by atoms with van der Waals surface area (Å²) in [6.45, 7) is 5.89. The predicted molar refractivity (Wildman–Crippen MR) is 54.5 cm³/mol. The number of hydrogen-bond donors (Lipinski definition) is 2. The molecule has 0 saturated carbocycles. The molecule has 0 unspecified atom stereocenters. The van der Waals surface area contributed by atoms with E-state index in [9.17, 15) is 5.11 Å². The summed E-state index contributed by atoms with van der Waals surface area (Å²) in [5.74, 6) is 0. The van der Waals surface area contributed by atoms with Crippen LogP contribution in [0.25, 0.3) is 0 Å². The number of aliphatic hydroxyl groups is 1. The Labute approximate surface area is 79.4 Å². The first-order valence-electron chi connectivity index (χ1n) is 4.53. The van der Waals surface area contributed by atoms with Gasteiger partial charge in [0.05, 0.1) is 6.10 Å². The quantitative estimate of drug-likeness (QED) is 0.725. The van der Waals surface area contributed by atoms with Gasteiger partial charge in [-0.05, 0) is 37.5 Å². The molecule has 0 spiro atoms. The summed E-state index contributed by atoms with van der Waals surface area (Å²) in [6, 6.07) is 5.71. The van der Waals surface area contributed by atoms with Crippen molar-refractivity contribution in [3.63, 3.8) is 0 Å². The molecule has 1 rings (SSSR count). The molecule has 0 saturated heterocycles. The third-order valence-electron chi connectivity index (χ3n) is 2.37. The van der Waals surface area contributed by atoms with E-state index in [-0.39, 0.29) is 6.04 Å². The average Bonchev–Trinajstić information content (AvgIpc) is 2.08. The Bertz CT molecular complexity index is 294. The van der Waals surface area contributed by atoms with Gasteiger partial charge in [0, 0.05) is 6.04 Å². The minimum Gasteiger partial charge on any atom is -0.387 e. The number of rotatable bonds is 2. The Balaban J connectivity index is 2.97. The van der Waals surface area contributed by atoms with Crippen LogP contribution in [0.5, 0.6) is 0 Å². The van der Waals surface area contributed by atoms with E-state index in [2.05, 4.69) is 6.92 Å². The average molecular weight is 179 g/mol. The maximum atomic E-state index is 9.69. The molecule has 0 aliphatic carbocycles. The summed E-state index contributed by atoms with van der Waals surface area (Å²) in [4.78, 5) is 0. The molecule has 0 aromatic heterocycles. The van der Waals surface area contributed by atoms with Crippen LogP contribution in [0.15, 0.2) is 18.2 Å². The first kappa shape index (κ1) is 10.2. The van der Waals surface area contributed by atoms with Crippen molar-refractivity contribution >= 4 is 0 Å². The van der Waals surface area contributed by atoms with Crippen LogP contribution in [-0.4, -0.2) is 11.1 Å². The van der Waals surface area contributed by atoms with Crippen molar-refractivity contribution in [3.8, 4) is 0 Å². The SMILES string of the molecule is Cc1ccc([C@H](O)[C@@H](C)N)cc1C. The highest BCUT2D eigenvalue weighted by Crippen LogP contribution is 2.18. The van der Waals surface area contributed by atoms with Crippen molar-refractivity contribution in [2.45, 2.75) is 32.9 Å². The van der Waals surface area contributed by atoms with E-state index in [0.29, 0.717) is 0 Å². The van der Waals surface area contributed by atoms with Crippen molar-refractivity contribution in [1.29, 1.82) is 0 Å². The van der Waals surface area contributed by atoms with Crippen molar-refractivity contribution in [2.75, 3.05) is 0 Å². The van der Waals surface area contributed by atoms with Gasteiger partial charge in [-0.1, -0.05) is 18.2 Å². The van der Waals surface area contributed by atoms with Gasteiger partial charge >= 0.3 is 0 Å². The van der Waals surface area contributed by atoms with Crippen LogP contribution in [-0.2, 0) is 0 Å². The fraction of sp³-hybridized carbons (Fsp3) is 0.455. The zero-order valence-electron chi connectivity index (χ0n) is 8.41. The van der Waals surface area contributed by atoms with E-state index in [1.165, 1.54) is 11.1 Å². The van der Waals surface area contributed by atoms with Gasteiger partial charge in [-0.3, -0.25) is 0 Å². The highest BCUT2D eigenvalue weighted by atomic mass is 16.3. The molecule has 2 atom stereocenters. The summed E-state index contributed by atoms with van der Waals surface area (Å²) >= 11 is 0. The van der Waals surface area contributed by atoms with Gasteiger partial charge in [-0.2, -0.15) is 0 Å². The van der Waals surface area contributed by atoms with Crippen LogP contribution < -0.4 is 5.73 Å². The van der Waals surface area contributed by atoms with E-state index >= 15 is 0 Å². The van der Waals surface area contributed by atoms with Crippen LogP contribution in [0.1, 0.15) is 29.7 Å². The van der Waals surface area contributed by atoms with Crippen molar-refractivity contribution in [3.05, 3.63) is 34.9 Å². The summed E-state index contributed by atoms with van der Waals surface area (Å²) in [7, 11) is 0. The topological polar surface area (TPSA) is 46.2 Å². The summed E-state index contributed by atoms with van der Waals surface area (Å²) in [6.07, 6.45) is -0.556. The molecule has 0 heterocycles. The largest absolute Gasteiger partial charge is 0.387 e. The summed E-state index contributed by atoms with van der Waals surface area (Å²) in [5.41, 5.74) is 8.94. The van der Waals surface area contributed by atoms with E-state index in [0.717, 1.165) is 5.56 Å². The second-order valence-electron chi connectivity index (χ2n) is 3.65. The molecule has 72 valence electrons. The fourth-order valence-corrected chi connectivity index (χ4v) is 1.25. The molecule has 0 bridgehead atoms. The Morgan fingerprint density at radius 2 is 1.85 bits per heavy atom. The third-order valence-corrected chi connectivity index (χ3v) is 2.37. The lowest BCUT2D eigenvalue weighted by Crippen LogP contribution is -2.24. The van der Waals surface area contributed by atoms with Gasteiger partial charge in [-0.25, -0.2) is 0 Å². The van der Waals surface area contributed by atoms with Crippen LogP contribution in [0.3, 0.4) is 0 Å². The van der Waals surface area contributed by atoms with Gasteiger partial charge in [0.2, 0.25) is 0 Å². The monoisotopic (exact) mass is 179 g/mol. The molecule has 2 nitrogen and oxygen atoms in total. The molecule has 0 amide bonds. The molecule has 0 fully saturated rings. The first-order chi connectivity index (χ1) is 6.02. The molecule has 2 heteroatoms. The normalized spacial score (nSPS) is 15.5. The Kier molecular flexibility index (Phi) is 3.07. The molecule has 1 aromatic carbocycles. The molecule has 0 aliphatic rings. The third kappa shape index (κ3) is 2.29. The molecule has 1 aromatic rings. The number of aliphatic hydroxyl groups excluding tert-OH is 1. The van der Waals surface area contributed by atoms with Gasteiger partial charge in [0.25, 0.3) is 0 Å². The molecule has 3 N–H and O–H groups in total. The second kappa shape index (κ2) is 3.90. The number of hydrogen-bond acceptors (Lipinski definition) is 2. The highest BCUT2D eigenvalue weighted by molar-refractivity contribution is 5.31. The van der Waals surface area contributed by atoms with E-state index < -0.39 is 6.10 Å². The van der Waals surface area contributed by atoms with Crippen molar-refractivity contribution in [1.82, 2.24) is 0 Å². The predicted octanol–water partition coefficient (Wildman–Crippen LogP) is 1.68. The zero-order valence-corrected chi connectivity index (χ0v) is 8.41. The van der Waals surface area contributed by atoms with Crippen LogP contribution >= 0.6 is 0 Å². The fourth-order valence-electron chi connectivity index (χ4n) is 1.25. The maximum Gasteiger partial charge on any atom is 0.0938 e. The van der Waals surface area contributed by atoms with Gasteiger partial charge < -0.3 is 10.8 Å². The van der Waals surface area contributed by atoms with Crippen molar-refractivity contribution < 1.29 is 5.11 Å². The first-order valence-corrected chi connectivity index (χ1v) is 4.53. The lowest BCUT2D eigenvalue weighted by molar-refractivity contribution is 0.153. The zero-order chi connectivity index (χ0) is 10.0.